The van der Waals surface area contributed by atoms with Crippen LogP contribution in [-0.4, -0.2) is 24.2 Å². The van der Waals surface area contributed by atoms with Gasteiger partial charge in [-0.3, -0.25) is 4.79 Å². The first kappa shape index (κ1) is 12.4. The lowest BCUT2D eigenvalue weighted by Gasteiger charge is -2.19. The summed E-state index contributed by atoms with van der Waals surface area (Å²) in [6.45, 7) is 6.51. The molecule has 0 aliphatic rings. The Bertz CT molecular complexity index is 161. The summed E-state index contributed by atoms with van der Waals surface area (Å²) >= 11 is 0. The molecule has 78 valence electrons. The van der Waals surface area contributed by atoms with Crippen molar-refractivity contribution in [2.75, 3.05) is 7.05 Å². The zero-order chi connectivity index (χ0) is 10.5. The van der Waals surface area contributed by atoms with Gasteiger partial charge in [-0.1, -0.05) is 27.2 Å². The molecule has 0 spiro atoms. The first-order valence-electron chi connectivity index (χ1n) is 4.77. The molecule has 0 saturated carbocycles. The molecule has 1 atom stereocenters. The van der Waals surface area contributed by atoms with Crippen LogP contribution in [0.1, 0.15) is 40.0 Å². The Morgan fingerprint density at radius 1 is 1.46 bits per heavy atom. The second-order valence-electron chi connectivity index (χ2n) is 4.63. The molecule has 0 aromatic carbocycles. The predicted octanol–water partition coefficient (Wildman–Crippen LogP) is 1.88. The van der Waals surface area contributed by atoms with Crippen molar-refractivity contribution in [3.05, 3.63) is 0 Å². The summed E-state index contributed by atoms with van der Waals surface area (Å²) < 4.78 is 0. The Labute approximate surface area is 80.5 Å². The molecule has 0 rings (SSSR count). The third-order valence-electron chi connectivity index (χ3n) is 2.07. The molecule has 0 bridgehead atoms. The highest BCUT2D eigenvalue weighted by molar-refractivity contribution is 5.73. The van der Waals surface area contributed by atoms with Crippen LogP contribution >= 0.6 is 0 Å². The summed E-state index contributed by atoms with van der Waals surface area (Å²) in [6.07, 6.45) is 2.74. The molecule has 13 heavy (non-hydrogen) atoms. The summed E-state index contributed by atoms with van der Waals surface area (Å²) in [7, 11) is 1.69. The monoisotopic (exact) mass is 187 g/mol. The van der Waals surface area contributed by atoms with Crippen LogP contribution in [0, 0.1) is 5.41 Å². The average Bonchev–Trinajstić information content (AvgIpc) is 1.95. The van der Waals surface area contributed by atoms with E-state index in [4.69, 9.17) is 5.11 Å². The molecule has 0 aromatic heterocycles. The zero-order valence-corrected chi connectivity index (χ0v) is 9.05. The van der Waals surface area contributed by atoms with E-state index in [2.05, 4.69) is 26.1 Å². The number of carbonyl (C=O) groups is 1. The Balaban J connectivity index is 3.68. The Morgan fingerprint density at radius 3 is 2.31 bits per heavy atom. The first-order valence-corrected chi connectivity index (χ1v) is 4.77. The van der Waals surface area contributed by atoms with Gasteiger partial charge in [-0.25, -0.2) is 0 Å². The SMILES string of the molecule is CN[C@@H](CCCC(C)(C)C)C(=O)O. The minimum Gasteiger partial charge on any atom is -0.480 e. The van der Waals surface area contributed by atoms with Gasteiger partial charge in [0.1, 0.15) is 6.04 Å². The standard InChI is InChI=1S/C10H21NO2/c1-10(2,3)7-5-6-8(11-4)9(12)13/h8,11H,5-7H2,1-4H3,(H,12,13)/t8-/m0/s1. The van der Waals surface area contributed by atoms with Crippen LogP contribution in [0.15, 0.2) is 0 Å². The number of nitrogens with one attached hydrogen (secondary N) is 1. The molecule has 0 aliphatic carbocycles. The Kier molecular flexibility index (Phi) is 4.99. The molecule has 0 unspecified atom stereocenters. The van der Waals surface area contributed by atoms with Gasteiger partial charge in [0, 0.05) is 0 Å². The van der Waals surface area contributed by atoms with E-state index in [1.807, 2.05) is 0 Å². The maximum Gasteiger partial charge on any atom is 0.320 e. The normalized spacial score (nSPS) is 14.2. The van der Waals surface area contributed by atoms with Crippen LogP contribution < -0.4 is 5.32 Å². The molecule has 0 radical (unpaired) electrons. The third-order valence-corrected chi connectivity index (χ3v) is 2.07. The van der Waals surface area contributed by atoms with Gasteiger partial charge < -0.3 is 10.4 Å². The van der Waals surface area contributed by atoms with Crippen molar-refractivity contribution < 1.29 is 9.90 Å². The molecular formula is C10H21NO2. The highest BCUT2D eigenvalue weighted by Crippen LogP contribution is 2.21. The fraction of sp³-hybridized carbons (Fsp3) is 0.900. The van der Waals surface area contributed by atoms with Crippen molar-refractivity contribution in [1.82, 2.24) is 5.32 Å². The number of carboxylic acids is 1. The van der Waals surface area contributed by atoms with Gasteiger partial charge in [0.05, 0.1) is 0 Å². The van der Waals surface area contributed by atoms with Gasteiger partial charge in [0.25, 0.3) is 0 Å². The van der Waals surface area contributed by atoms with E-state index in [1.54, 1.807) is 7.05 Å². The molecular weight excluding hydrogens is 166 g/mol. The lowest BCUT2D eigenvalue weighted by atomic mass is 9.89. The van der Waals surface area contributed by atoms with E-state index < -0.39 is 5.97 Å². The third kappa shape index (κ3) is 6.58. The summed E-state index contributed by atoms with van der Waals surface area (Å²) in [6, 6.07) is -0.387. The van der Waals surface area contributed by atoms with E-state index in [-0.39, 0.29) is 6.04 Å². The van der Waals surface area contributed by atoms with Crippen molar-refractivity contribution >= 4 is 5.97 Å². The van der Waals surface area contributed by atoms with Crippen LogP contribution in [0.5, 0.6) is 0 Å². The van der Waals surface area contributed by atoms with E-state index in [1.165, 1.54) is 0 Å². The minimum absolute atomic E-state index is 0.302. The summed E-state index contributed by atoms with van der Waals surface area (Å²) in [5, 5.41) is 11.5. The van der Waals surface area contributed by atoms with Gasteiger partial charge in [-0.15, -0.1) is 0 Å². The van der Waals surface area contributed by atoms with Crippen LogP contribution in [0.2, 0.25) is 0 Å². The maximum atomic E-state index is 10.6. The Morgan fingerprint density at radius 2 is 2.00 bits per heavy atom. The van der Waals surface area contributed by atoms with Crippen molar-refractivity contribution in [2.45, 2.75) is 46.1 Å². The maximum absolute atomic E-state index is 10.6. The van der Waals surface area contributed by atoms with Gasteiger partial charge in [-0.05, 0) is 25.3 Å². The summed E-state index contributed by atoms with van der Waals surface area (Å²) in [5.41, 5.74) is 0.302. The second-order valence-corrected chi connectivity index (χ2v) is 4.63. The second kappa shape index (κ2) is 5.22. The molecule has 0 fully saturated rings. The van der Waals surface area contributed by atoms with Crippen LogP contribution in [0.25, 0.3) is 0 Å². The number of hydrogen-bond donors (Lipinski definition) is 2. The lowest BCUT2D eigenvalue weighted by Crippen LogP contribution is -2.33. The van der Waals surface area contributed by atoms with Gasteiger partial charge >= 0.3 is 5.97 Å². The molecule has 0 saturated heterocycles. The number of aliphatic carboxylic acids is 1. The number of likely N-dealkylation sites (N-methyl/N-ethyl adjacent to an activating group) is 1. The summed E-state index contributed by atoms with van der Waals surface area (Å²) in [5.74, 6) is -0.753. The number of carboxylic acid groups (broad SMARTS) is 1. The molecule has 0 amide bonds. The van der Waals surface area contributed by atoms with E-state index >= 15 is 0 Å². The van der Waals surface area contributed by atoms with Gasteiger partial charge in [-0.2, -0.15) is 0 Å². The highest BCUT2D eigenvalue weighted by atomic mass is 16.4. The van der Waals surface area contributed by atoms with Crippen molar-refractivity contribution in [3.63, 3.8) is 0 Å². The topological polar surface area (TPSA) is 49.3 Å². The quantitative estimate of drug-likeness (QED) is 0.691. The fourth-order valence-corrected chi connectivity index (χ4v) is 1.23. The highest BCUT2D eigenvalue weighted by Gasteiger charge is 2.16. The predicted molar refractivity (Wildman–Crippen MR) is 53.8 cm³/mol. The molecule has 3 heteroatoms. The van der Waals surface area contributed by atoms with Gasteiger partial charge in [0.2, 0.25) is 0 Å². The number of rotatable bonds is 5. The smallest absolute Gasteiger partial charge is 0.320 e. The van der Waals surface area contributed by atoms with Crippen molar-refractivity contribution in [1.29, 1.82) is 0 Å². The van der Waals surface area contributed by atoms with E-state index in [0.717, 1.165) is 12.8 Å². The van der Waals surface area contributed by atoms with Crippen LogP contribution in [0.3, 0.4) is 0 Å². The average molecular weight is 187 g/mol. The molecule has 3 nitrogen and oxygen atoms in total. The van der Waals surface area contributed by atoms with E-state index in [9.17, 15) is 4.79 Å². The molecule has 2 N–H and O–H groups in total. The van der Waals surface area contributed by atoms with Crippen LogP contribution in [-0.2, 0) is 4.79 Å². The minimum atomic E-state index is -0.753. The van der Waals surface area contributed by atoms with Crippen molar-refractivity contribution in [3.8, 4) is 0 Å². The fourth-order valence-electron chi connectivity index (χ4n) is 1.23. The zero-order valence-electron chi connectivity index (χ0n) is 9.05. The molecule has 0 aromatic rings. The van der Waals surface area contributed by atoms with Crippen molar-refractivity contribution in [2.24, 2.45) is 5.41 Å². The Hall–Kier alpha value is -0.570. The van der Waals surface area contributed by atoms with Gasteiger partial charge in [0.15, 0.2) is 0 Å². The first-order chi connectivity index (χ1) is 5.87. The van der Waals surface area contributed by atoms with Crippen LogP contribution in [0.4, 0.5) is 0 Å². The lowest BCUT2D eigenvalue weighted by molar-refractivity contribution is -0.139. The molecule has 0 aliphatic heterocycles. The largest absolute Gasteiger partial charge is 0.480 e. The van der Waals surface area contributed by atoms with E-state index in [0.29, 0.717) is 11.8 Å². The number of hydrogen-bond acceptors (Lipinski definition) is 2. The summed E-state index contributed by atoms with van der Waals surface area (Å²) in [4.78, 5) is 10.6. The molecule has 0 heterocycles.